The lowest BCUT2D eigenvalue weighted by Crippen LogP contribution is -2.05. The quantitative estimate of drug-likeness (QED) is 0.579. The number of hydrogen-bond acceptors (Lipinski definition) is 3. The topological polar surface area (TPSA) is 35.5 Å². The molecule has 3 nitrogen and oxygen atoms in total. The summed E-state index contributed by atoms with van der Waals surface area (Å²) in [7, 11) is 0. The first-order valence-corrected chi connectivity index (χ1v) is 8.16. The minimum atomic E-state index is -0.493. The zero-order chi connectivity index (χ0) is 17.0. The van der Waals surface area contributed by atoms with Crippen molar-refractivity contribution >= 4 is 52.4 Å². The molecule has 0 aliphatic rings. The molecule has 0 radical (unpaired) electrons. The summed E-state index contributed by atoms with van der Waals surface area (Å²) in [5.41, 5.74) is 1.07. The first-order valence-electron chi connectivity index (χ1n) is 6.65. The van der Waals surface area contributed by atoms with E-state index in [2.05, 4.69) is 0 Å². The summed E-state index contributed by atoms with van der Waals surface area (Å²) in [5, 5.41) is 1.34. The number of benzene rings is 2. The fourth-order valence-electron chi connectivity index (χ4n) is 1.81. The molecular formula is C16H12Cl4O3. The molecule has 0 bridgehead atoms. The van der Waals surface area contributed by atoms with Gasteiger partial charge in [0.15, 0.2) is 5.75 Å². The van der Waals surface area contributed by atoms with Gasteiger partial charge in [-0.1, -0.05) is 52.5 Å². The van der Waals surface area contributed by atoms with Gasteiger partial charge in [0.05, 0.1) is 32.3 Å². The number of esters is 1. The molecule has 2 aromatic carbocycles. The molecule has 0 saturated carbocycles. The van der Waals surface area contributed by atoms with Crippen LogP contribution in [0.5, 0.6) is 5.75 Å². The Bertz CT molecular complexity index is 708. The molecule has 0 heterocycles. The third kappa shape index (κ3) is 4.67. The first kappa shape index (κ1) is 18.2. The molecule has 2 aromatic rings. The third-order valence-electron chi connectivity index (χ3n) is 2.88. The lowest BCUT2D eigenvalue weighted by Gasteiger charge is -2.12. The van der Waals surface area contributed by atoms with E-state index in [9.17, 15) is 4.79 Å². The number of carbonyl (C=O) groups excluding carboxylic acids is 1. The Morgan fingerprint density at radius 1 is 0.957 bits per heavy atom. The summed E-state index contributed by atoms with van der Waals surface area (Å²) in [5.74, 6) is -0.209. The normalized spacial score (nSPS) is 10.5. The second kappa shape index (κ2) is 8.11. The molecule has 0 amide bonds. The molecule has 0 N–H and O–H groups in total. The standard InChI is InChI=1S/C16H12Cl4O3/c1-2-22-16(21)10-6-13(19)15(14(20)7-10)23-8-9-3-4-11(17)12(18)5-9/h3-7H,2,8H2,1H3. The van der Waals surface area contributed by atoms with E-state index < -0.39 is 5.97 Å². The minimum absolute atomic E-state index is 0.203. The van der Waals surface area contributed by atoms with Gasteiger partial charge in [0.25, 0.3) is 0 Å². The maximum atomic E-state index is 11.7. The van der Waals surface area contributed by atoms with Crippen molar-refractivity contribution in [2.24, 2.45) is 0 Å². The number of ether oxygens (including phenoxy) is 2. The molecular weight excluding hydrogens is 382 g/mol. The fraction of sp³-hybridized carbons (Fsp3) is 0.188. The van der Waals surface area contributed by atoms with Gasteiger partial charge in [-0.15, -0.1) is 0 Å². The highest BCUT2D eigenvalue weighted by Crippen LogP contribution is 2.35. The lowest BCUT2D eigenvalue weighted by molar-refractivity contribution is 0.0526. The largest absolute Gasteiger partial charge is 0.486 e. The van der Waals surface area contributed by atoms with Crippen LogP contribution in [0.3, 0.4) is 0 Å². The highest BCUT2D eigenvalue weighted by molar-refractivity contribution is 6.42. The molecule has 0 unspecified atom stereocenters. The zero-order valence-corrected chi connectivity index (χ0v) is 15.1. The maximum Gasteiger partial charge on any atom is 0.338 e. The number of carbonyl (C=O) groups is 1. The monoisotopic (exact) mass is 392 g/mol. The Balaban J connectivity index is 2.16. The molecule has 0 spiro atoms. The van der Waals surface area contributed by atoms with Gasteiger partial charge >= 0.3 is 5.97 Å². The molecule has 0 fully saturated rings. The average molecular weight is 394 g/mol. The molecule has 2 rings (SSSR count). The van der Waals surface area contributed by atoms with E-state index >= 15 is 0 Å². The van der Waals surface area contributed by atoms with E-state index in [1.165, 1.54) is 12.1 Å². The molecule has 0 saturated heterocycles. The van der Waals surface area contributed by atoms with Gasteiger partial charge in [0.2, 0.25) is 0 Å². The van der Waals surface area contributed by atoms with E-state index in [1.54, 1.807) is 25.1 Å². The average Bonchev–Trinajstić information content (AvgIpc) is 2.50. The lowest BCUT2D eigenvalue weighted by atomic mass is 10.2. The van der Waals surface area contributed by atoms with Crippen LogP contribution in [0.2, 0.25) is 20.1 Å². The van der Waals surface area contributed by atoms with Gasteiger partial charge in [-0.2, -0.15) is 0 Å². The van der Waals surface area contributed by atoms with Gasteiger partial charge in [-0.3, -0.25) is 0 Å². The number of hydrogen-bond donors (Lipinski definition) is 0. The van der Waals surface area contributed by atoms with Crippen molar-refractivity contribution in [3.05, 3.63) is 61.5 Å². The molecule has 122 valence electrons. The van der Waals surface area contributed by atoms with Crippen LogP contribution in [0.4, 0.5) is 0 Å². The summed E-state index contributed by atoms with van der Waals surface area (Å²) in [6.07, 6.45) is 0. The predicted octanol–water partition coefficient (Wildman–Crippen LogP) is 6.06. The van der Waals surface area contributed by atoms with Crippen molar-refractivity contribution in [2.45, 2.75) is 13.5 Å². The van der Waals surface area contributed by atoms with E-state index in [0.29, 0.717) is 10.0 Å². The Kier molecular flexibility index (Phi) is 6.42. The van der Waals surface area contributed by atoms with Crippen molar-refractivity contribution in [3.8, 4) is 5.75 Å². The first-order chi connectivity index (χ1) is 10.9. The zero-order valence-electron chi connectivity index (χ0n) is 12.0. The summed E-state index contributed by atoms with van der Waals surface area (Å²) in [6, 6.07) is 8.06. The summed E-state index contributed by atoms with van der Waals surface area (Å²) >= 11 is 24.1. The second-order valence-electron chi connectivity index (χ2n) is 4.53. The molecule has 0 aliphatic carbocycles. The van der Waals surface area contributed by atoms with Crippen LogP contribution in [0.15, 0.2) is 30.3 Å². The van der Waals surface area contributed by atoms with Gasteiger partial charge in [0.1, 0.15) is 6.61 Å². The van der Waals surface area contributed by atoms with E-state index in [-0.39, 0.29) is 34.6 Å². The van der Waals surface area contributed by atoms with Crippen LogP contribution in [-0.2, 0) is 11.3 Å². The van der Waals surface area contributed by atoms with E-state index in [0.717, 1.165) is 5.56 Å². The Hall–Kier alpha value is -1.13. The van der Waals surface area contributed by atoms with Crippen molar-refractivity contribution in [1.82, 2.24) is 0 Å². The molecule has 7 heteroatoms. The Labute approximate surface area is 154 Å². The number of rotatable bonds is 5. The van der Waals surface area contributed by atoms with Crippen molar-refractivity contribution < 1.29 is 14.3 Å². The van der Waals surface area contributed by atoms with Crippen LogP contribution in [0.25, 0.3) is 0 Å². The Morgan fingerprint density at radius 2 is 1.61 bits per heavy atom. The maximum absolute atomic E-state index is 11.7. The molecule has 23 heavy (non-hydrogen) atoms. The van der Waals surface area contributed by atoms with Gasteiger partial charge < -0.3 is 9.47 Å². The van der Waals surface area contributed by atoms with Crippen LogP contribution in [0, 0.1) is 0 Å². The number of halogens is 4. The molecule has 0 aromatic heterocycles. The van der Waals surface area contributed by atoms with Crippen molar-refractivity contribution in [2.75, 3.05) is 6.61 Å². The van der Waals surface area contributed by atoms with Crippen LogP contribution in [-0.4, -0.2) is 12.6 Å². The summed E-state index contributed by atoms with van der Waals surface area (Å²) < 4.78 is 10.5. The second-order valence-corrected chi connectivity index (χ2v) is 6.16. The highest BCUT2D eigenvalue weighted by Gasteiger charge is 2.15. The van der Waals surface area contributed by atoms with Gasteiger partial charge in [0, 0.05) is 0 Å². The summed E-state index contributed by atoms with van der Waals surface area (Å²) in [4.78, 5) is 11.7. The SMILES string of the molecule is CCOC(=O)c1cc(Cl)c(OCc2ccc(Cl)c(Cl)c2)c(Cl)c1. The van der Waals surface area contributed by atoms with Crippen LogP contribution in [0.1, 0.15) is 22.8 Å². The van der Waals surface area contributed by atoms with Crippen molar-refractivity contribution in [3.63, 3.8) is 0 Å². The van der Waals surface area contributed by atoms with Gasteiger partial charge in [-0.05, 0) is 36.8 Å². The summed E-state index contributed by atoms with van der Waals surface area (Å²) in [6.45, 7) is 2.19. The van der Waals surface area contributed by atoms with E-state index in [4.69, 9.17) is 55.9 Å². The highest BCUT2D eigenvalue weighted by atomic mass is 35.5. The molecule has 0 aliphatic heterocycles. The molecule has 0 atom stereocenters. The van der Waals surface area contributed by atoms with Crippen LogP contribution < -0.4 is 4.74 Å². The predicted molar refractivity (Wildman–Crippen MR) is 93.2 cm³/mol. The smallest absolute Gasteiger partial charge is 0.338 e. The third-order valence-corrected chi connectivity index (χ3v) is 4.18. The van der Waals surface area contributed by atoms with E-state index in [1.807, 2.05) is 0 Å². The minimum Gasteiger partial charge on any atom is -0.486 e. The fourth-order valence-corrected chi connectivity index (χ4v) is 2.73. The van der Waals surface area contributed by atoms with Gasteiger partial charge in [-0.25, -0.2) is 4.79 Å². The van der Waals surface area contributed by atoms with Crippen LogP contribution >= 0.6 is 46.4 Å². The Morgan fingerprint density at radius 3 is 2.17 bits per heavy atom. The van der Waals surface area contributed by atoms with Crippen molar-refractivity contribution in [1.29, 1.82) is 0 Å².